The monoisotopic (exact) mass is 352 g/mol. The Hall–Kier alpha value is -2.42. The number of benzene rings is 2. The predicted molar refractivity (Wildman–Crippen MR) is 105 cm³/mol. The summed E-state index contributed by atoms with van der Waals surface area (Å²) in [5.41, 5.74) is 0.805. The molecule has 0 unspecified atom stereocenters. The SMILES string of the molecule is CCCCCCCCCOc1ccc(C(=O)C(=O)c2ccccc2)cc1. The van der Waals surface area contributed by atoms with E-state index in [1.165, 1.54) is 38.5 Å². The van der Waals surface area contributed by atoms with Crippen LogP contribution >= 0.6 is 0 Å². The number of unbranched alkanes of at least 4 members (excludes halogenated alkanes) is 6. The maximum Gasteiger partial charge on any atom is 0.233 e. The van der Waals surface area contributed by atoms with Crippen molar-refractivity contribution in [1.82, 2.24) is 0 Å². The van der Waals surface area contributed by atoms with Gasteiger partial charge >= 0.3 is 0 Å². The van der Waals surface area contributed by atoms with Crippen molar-refractivity contribution in [3.05, 3.63) is 65.7 Å². The first-order valence-electron chi connectivity index (χ1n) is 9.59. The number of carbonyl (C=O) groups excluding carboxylic acids is 2. The molecule has 0 aromatic heterocycles. The first-order valence-corrected chi connectivity index (χ1v) is 9.59. The lowest BCUT2D eigenvalue weighted by Gasteiger charge is -2.07. The Morgan fingerprint density at radius 3 is 1.85 bits per heavy atom. The van der Waals surface area contributed by atoms with E-state index in [1.54, 1.807) is 48.5 Å². The summed E-state index contributed by atoms with van der Waals surface area (Å²) in [6, 6.07) is 15.5. The number of ketones is 2. The third-order valence-electron chi connectivity index (χ3n) is 4.38. The van der Waals surface area contributed by atoms with E-state index in [9.17, 15) is 9.59 Å². The molecule has 0 aliphatic carbocycles. The van der Waals surface area contributed by atoms with Crippen LogP contribution in [0.15, 0.2) is 54.6 Å². The van der Waals surface area contributed by atoms with E-state index in [-0.39, 0.29) is 0 Å². The predicted octanol–water partition coefficient (Wildman–Crippen LogP) is 5.88. The Morgan fingerprint density at radius 1 is 0.692 bits per heavy atom. The molecule has 0 saturated carbocycles. The summed E-state index contributed by atoms with van der Waals surface area (Å²) in [6.45, 7) is 2.91. The molecule has 0 saturated heterocycles. The zero-order valence-corrected chi connectivity index (χ0v) is 15.6. The second-order valence-corrected chi connectivity index (χ2v) is 6.52. The van der Waals surface area contributed by atoms with Crippen molar-refractivity contribution in [2.75, 3.05) is 6.61 Å². The molecule has 0 fully saturated rings. The van der Waals surface area contributed by atoms with Crippen LogP contribution in [0, 0.1) is 0 Å². The second kappa shape index (κ2) is 11.2. The summed E-state index contributed by atoms with van der Waals surface area (Å²) in [6.07, 6.45) is 8.73. The number of hydrogen-bond donors (Lipinski definition) is 0. The Labute approximate surface area is 156 Å². The van der Waals surface area contributed by atoms with Gasteiger partial charge in [-0.25, -0.2) is 0 Å². The van der Waals surface area contributed by atoms with Crippen LogP contribution in [0.4, 0.5) is 0 Å². The molecule has 0 heterocycles. The van der Waals surface area contributed by atoms with Gasteiger partial charge in [0.25, 0.3) is 0 Å². The largest absolute Gasteiger partial charge is 0.494 e. The molecule has 0 bridgehead atoms. The van der Waals surface area contributed by atoms with Crippen LogP contribution in [0.25, 0.3) is 0 Å². The van der Waals surface area contributed by atoms with Crippen LogP contribution in [0.3, 0.4) is 0 Å². The summed E-state index contributed by atoms with van der Waals surface area (Å²) in [5, 5.41) is 0. The molecular formula is C23H28O3. The average molecular weight is 352 g/mol. The lowest BCUT2D eigenvalue weighted by Crippen LogP contribution is -2.14. The lowest BCUT2D eigenvalue weighted by atomic mass is 10.0. The fourth-order valence-electron chi connectivity index (χ4n) is 2.80. The summed E-state index contributed by atoms with van der Waals surface area (Å²) in [5.74, 6) is -0.239. The van der Waals surface area contributed by atoms with E-state index in [0.29, 0.717) is 17.7 Å². The van der Waals surface area contributed by atoms with E-state index in [2.05, 4.69) is 6.92 Å². The first-order chi connectivity index (χ1) is 12.7. The van der Waals surface area contributed by atoms with Crippen LogP contribution in [-0.2, 0) is 0 Å². The summed E-state index contributed by atoms with van der Waals surface area (Å²) in [7, 11) is 0. The van der Waals surface area contributed by atoms with Gasteiger partial charge in [0.2, 0.25) is 11.6 Å². The van der Waals surface area contributed by atoms with Gasteiger partial charge in [-0.2, -0.15) is 0 Å². The Kier molecular flexibility index (Phi) is 8.61. The van der Waals surface area contributed by atoms with Gasteiger partial charge in [0.05, 0.1) is 6.61 Å². The van der Waals surface area contributed by atoms with Crippen molar-refractivity contribution in [2.45, 2.75) is 51.9 Å². The minimum atomic E-state index is -0.491. The van der Waals surface area contributed by atoms with Crippen LogP contribution in [-0.4, -0.2) is 18.2 Å². The normalized spacial score (nSPS) is 10.5. The average Bonchev–Trinajstić information content (AvgIpc) is 2.70. The minimum absolute atomic E-state index is 0.391. The Bertz CT molecular complexity index is 674. The number of rotatable bonds is 12. The summed E-state index contributed by atoms with van der Waals surface area (Å²) >= 11 is 0. The van der Waals surface area contributed by atoms with Gasteiger partial charge < -0.3 is 4.74 Å². The third-order valence-corrected chi connectivity index (χ3v) is 4.38. The third kappa shape index (κ3) is 6.47. The molecule has 138 valence electrons. The molecule has 0 atom stereocenters. The zero-order valence-electron chi connectivity index (χ0n) is 15.6. The van der Waals surface area contributed by atoms with Gasteiger partial charge in [0, 0.05) is 11.1 Å². The van der Waals surface area contributed by atoms with Gasteiger partial charge in [0.1, 0.15) is 5.75 Å². The lowest BCUT2D eigenvalue weighted by molar-refractivity contribution is 0.0817. The quantitative estimate of drug-likeness (QED) is 0.272. The number of carbonyl (C=O) groups is 2. The Morgan fingerprint density at radius 2 is 1.23 bits per heavy atom. The van der Waals surface area contributed by atoms with E-state index < -0.39 is 11.6 Å². The minimum Gasteiger partial charge on any atom is -0.494 e. The standard InChI is InChI=1S/C23H28O3/c1-2-3-4-5-6-7-11-18-26-21-16-14-20(15-17-21)23(25)22(24)19-12-9-8-10-13-19/h8-10,12-17H,2-7,11,18H2,1H3. The molecule has 2 aromatic carbocycles. The molecule has 0 aliphatic rings. The van der Waals surface area contributed by atoms with Crippen molar-refractivity contribution in [3.63, 3.8) is 0 Å². The van der Waals surface area contributed by atoms with Crippen molar-refractivity contribution >= 4 is 11.6 Å². The fourth-order valence-corrected chi connectivity index (χ4v) is 2.80. The van der Waals surface area contributed by atoms with E-state index in [1.807, 2.05) is 6.07 Å². The molecular weight excluding hydrogens is 324 g/mol. The smallest absolute Gasteiger partial charge is 0.233 e. The number of ether oxygens (including phenoxy) is 1. The van der Waals surface area contributed by atoms with Gasteiger partial charge in [-0.1, -0.05) is 75.8 Å². The highest BCUT2D eigenvalue weighted by molar-refractivity contribution is 6.49. The van der Waals surface area contributed by atoms with Crippen molar-refractivity contribution < 1.29 is 14.3 Å². The number of hydrogen-bond acceptors (Lipinski definition) is 3. The molecule has 0 radical (unpaired) electrons. The maximum atomic E-state index is 12.3. The van der Waals surface area contributed by atoms with Crippen molar-refractivity contribution in [1.29, 1.82) is 0 Å². The van der Waals surface area contributed by atoms with Crippen molar-refractivity contribution in [2.24, 2.45) is 0 Å². The highest BCUT2D eigenvalue weighted by atomic mass is 16.5. The highest BCUT2D eigenvalue weighted by Crippen LogP contribution is 2.15. The van der Waals surface area contributed by atoms with Crippen LogP contribution in [0.2, 0.25) is 0 Å². The van der Waals surface area contributed by atoms with Gasteiger partial charge in [-0.3, -0.25) is 9.59 Å². The van der Waals surface area contributed by atoms with Gasteiger partial charge in [0.15, 0.2) is 0 Å². The first kappa shape index (κ1) is 19.9. The molecule has 3 heteroatoms. The molecule has 26 heavy (non-hydrogen) atoms. The van der Waals surface area contributed by atoms with Crippen molar-refractivity contribution in [3.8, 4) is 5.75 Å². The molecule has 0 spiro atoms. The van der Waals surface area contributed by atoms with Crippen LogP contribution in [0.1, 0.15) is 72.6 Å². The highest BCUT2D eigenvalue weighted by Gasteiger charge is 2.17. The van der Waals surface area contributed by atoms with Crippen LogP contribution in [0.5, 0.6) is 5.75 Å². The molecule has 2 rings (SSSR count). The van der Waals surface area contributed by atoms with E-state index in [0.717, 1.165) is 12.2 Å². The molecule has 3 nitrogen and oxygen atoms in total. The topological polar surface area (TPSA) is 43.4 Å². The maximum absolute atomic E-state index is 12.3. The van der Waals surface area contributed by atoms with E-state index >= 15 is 0 Å². The second-order valence-electron chi connectivity index (χ2n) is 6.52. The van der Waals surface area contributed by atoms with Crippen LogP contribution < -0.4 is 4.74 Å². The molecule has 0 aliphatic heterocycles. The molecule has 0 amide bonds. The Balaban J connectivity index is 1.74. The number of Topliss-reactive ketones (excluding diaryl/α,β-unsaturated/α-hetero) is 2. The molecule has 0 N–H and O–H groups in total. The zero-order chi connectivity index (χ0) is 18.6. The fraction of sp³-hybridized carbons (Fsp3) is 0.391. The summed E-state index contributed by atoms with van der Waals surface area (Å²) in [4.78, 5) is 24.5. The van der Waals surface area contributed by atoms with Gasteiger partial charge in [-0.15, -0.1) is 0 Å². The molecule has 2 aromatic rings. The summed E-state index contributed by atoms with van der Waals surface area (Å²) < 4.78 is 5.72. The van der Waals surface area contributed by atoms with Gasteiger partial charge in [-0.05, 0) is 30.7 Å². The van der Waals surface area contributed by atoms with E-state index in [4.69, 9.17) is 4.74 Å².